The van der Waals surface area contributed by atoms with Gasteiger partial charge in [0.05, 0.1) is 23.8 Å². The Bertz CT molecular complexity index is 870. The van der Waals surface area contributed by atoms with E-state index in [2.05, 4.69) is 22.3 Å². The predicted octanol–water partition coefficient (Wildman–Crippen LogP) is 5.05. The van der Waals surface area contributed by atoms with Crippen molar-refractivity contribution in [1.82, 2.24) is 10.2 Å². The van der Waals surface area contributed by atoms with Gasteiger partial charge < -0.3 is 10.1 Å². The quantitative estimate of drug-likeness (QED) is 0.735. The van der Waals surface area contributed by atoms with E-state index in [-0.39, 0.29) is 5.54 Å². The highest BCUT2D eigenvalue weighted by atomic mass is 19.4. The number of hydrogen-bond donors (Lipinski definition) is 1. The highest BCUT2D eigenvalue weighted by Gasteiger charge is 2.45. The predicted molar refractivity (Wildman–Crippen MR) is 111 cm³/mol. The van der Waals surface area contributed by atoms with Crippen molar-refractivity contribution in [3.63, 3.8) is 0 Å². The summed E-state index contributed by atoms with van der Waals surface area (Å²) >= 11 is 0. The van der Waals surface area contributed by atoms with E-state index < -0.39 is 17.8 Å². The highest BCUT2D eigenvalue weighted by molar-refractivity contribution is 5.32. The summed E-state index contributed by atoms with van der Waals surface area (Å²) in [6.07, 6.45) is -2.76. The fourth-order valence-corrected chi connectivity index (χ4v) is 4.87. The molecule has 0 aromatic heterocycles. The van der Waals surface area contributed by atoms with Crippen LogP contribution in [0.3, 0.4) is 0 Å². The lowest BCUT2D eigenvalue weighted by Gasteiger charge is -2.53. The monoisotopic (exact) mass is 418 g/mol. The number of benzene rings is 2. The number of piperidine rings is 1. The minimum absolute atomic E-state index is 0.245. The number of aryl methyl sites for hydroxylation is 1. The minimum Gasteiger partial charge on any atom is -0.372 e. The van der Waals surface area contributed by atoms with Gasteiger partial charge in [-0.25, -0.2) is 0 Å². The van der Waals surface area contributed by atoms with Crippen molar-refractivity contribution in [1.29, 1.82) is 0 Å². The summed E-state index contributed by atoms with van der Waals surface area (Å²) < 4.78 is 46.1. The summed E-state index contributed by atoms with van der Waals surface area (Å²) in [6, 6.07) is 15.1. The van der Waals surface area contributed by atoms with E-state index in [1.807, 2.05) is 25.1 Å². The smallest absolute Gasteiger partial charge is 0.372 e. The van der Waals surface area contributed by atoms with Crippen LogP contribution in [0.1, 0.15) is 48.1 Å². The lowest BCUT2D eigenvalue weighted by atomic mass is 9.78. The number of rotatable bonds is 5. The zero-order valence-electron chi connectivity index (χ0n) is 17.5. The third kappa shape index (κ3) is 4.27. The van der Waals surface area contributed by atoms with Gasteiger partial charge in [0, 0.05) is 25.7 Å². The third-order valence-corrected chi connectivity index (χ3v) is 6.55. The molecule has 0 aliphatic carbocycles. The Kier molecular flexibility index (Phi) is 5.93. The SMILES string of the molecule is Cc1cc([C@@H](C)OC[C@@]2(c3ccccc3)CC[C@@H]3CN2CCN3)cc(C(F)(F)F)c1. The summed E-state index contributed by atoms with van der Waals surface area (Å²) in [7, 11) is 0. The average Bonchev–Trinajstić information content (AvgIpc) is 2.73. The van der Waals surface area contributed by atoms with Crippen molar-refractivity contribution < 1.29 is 17.9 Å². The van der Waals surface area contributed by atoms with Crippen molar-refractivity contribution in [2.24, 2.45) is 0 Å². The molecule has 2 aromatic rings. The summed E-state index contributed by atoms with van der Waals surface area (Å²) in [6.45, 7) is 6.85. The molecule has 2 saturated heterocycles. The van der Waals surface area contributed by atoms with Gasteiger partial charge in [0.15, 0.2) is 0 Å². The number of nitrogens with zero attached hydrogens (tertiary/aromatic N) is 1. The van der Waals surface area contributed by atoms with Crippen LogP contribution in [-0.2, 0) is 16.5 Å². The molecule has 2 heterocycles. The second kappa shape index (κ2) is 8.33. The second-order valence-corrected chi connectivity index (χ2v) is 8.62. The molecule has 0 amide bonds. The molecule has 4 atom stereocenters. The molecule has 3 nitrogen and oxygen atoms in total. The topological polar surface area (TPSA) is 24.5 Å². The van der Waals surface area contributed by atoms with Crippen LogP contribution in [0.4, 0.5) is 13.2 Å². The van der Waals surface area contributed by atoms with E-state index >= 15 is 0 Å². The van der Waals surface area contributed by atoms with E-state index in [0.717, 1.165) is 32.5 Å². The standard InChI is InChI=1S/C24H29F3N2O/c1-17-12-19(14-21(13-17)24(25,26)27)18(2)30-16-23(20-6-4-3-5-7-20)9-8-22-15-29(23)11-10-28-22/h3-7,12-14,18,22,28H,8-11,15-16H2,1-2H3/t18-,22-,23-/m1/s1. The normalized spacial score (nSPS) is 27.6. The van der Waals surface area contributed by atoms with E-state index in [0.29, 0.717) is 23.8 Å². The first-order chi connectivity index (χ1) is 14.3. The van der Waals surface area contributed by atoms with Crippen molar-refractivity contribution in [2.75, 3.05) is 26.2 Å². The number of ether oxygens (including phenoxy) is 1. The van der Waals surface area contributed by atoms with Crippen LogP contribution in [-0.4, -0.2) is 37.2 Å². The number of fused-ring (bicyclic) bond motifs is 2. The zero-order valence-corrected chi connectivity index (χ0v) is 17.5. The lowest BCUT2D eigenvalue weighted by molar-refractivity contribution is -0.137. The van der Waals surface area contributed by atoms with E-state index in [1.165, 1.54) is 17.7 Å². The molecule has 162 valence electrons. The molecule has 2 bridgehead atoms. The number of alkyl halides is 3. The van der Waals surface area contributed by atoms with Crippen molar-refractivity contribution in [3.8, 4) is 0 Å². The maximum atomic E-state index is 13.3. The molecule has 1 unspecified atom stereocenters. The Hall–Kier alpha value is -1.89. The molecule has 30 heavy (non-hydrogen) atoms. The molecule has 6 heteroatoms. The van der Waals surface area contributed by atoms with Crippen LogP contribution in [0.25, 0.3) is 0 Å². The maximum absolute atomic E-state index is 13.3. The van der Waals surface area contributed by atoms with E-state index in [9.17, 15) is 13.2 Å². The molecular weight excluding hydrogens is 389 g/mol. The molecule has 2 fully saturated rings. The summed E-state index contributed by atoms with van der Waals surface area (Å²) in [5, 5.41) is 3.57. The molecule has 0 radical (unpaired) electrons. The van der Waals surface area contributed by atoms with Gasteiger partial charge >= 0.3 is 6.18 Å². The van der Waals surface area contributed by atoms with Crippen LogP contribution < -0.4 is 5.32 Å². The zero-order chi connectivity index (χ0) is 21.4. The van der Waals surface area contributed by atoms with Gasteiger partial charge in [-0.05, 0) is 49.9 Å². The Balaban J connectivity index is 1.59. The van der Waals surface area contributed by atoms with Gasteiger partial charge in [-0.15, -0.1) is 0 Å². The van der Waals surface area contributed by atoms with Crippen LogP contribution >= 0.6 is 0 Å². The Morgan fingerprint density at radius 1 is 1.20 bits per heavy atom. The fourth-order valence-electron chi connectivity index (χ4n) is 4.87. The first kappa shape index (κ1) is 21.3. The molecule has 0 saturated carbocycles. The van der Waals surface area contributed by atoms with Gasteiger partial charge in [-0.1, -0.05) is 42.0 Å². The first-order valence-corrected chi connectivity index (χ1v) is 10.6. The molecule has 2 aromatic carbocycles. The van der Waals surface area contributed by atoms with Crippen molar-refractivity contribution in [3.05, 3.63) is 70.8 Å². The Labute approximate surface area is 176 Å². The van der Waals surface area contributed by atoms with E-state index in [1.54, 1.807) is 13.0 Å². The largest absolute Gasteiger partial charge is 0.416 e. The molecule has 0 spiro atoms. The van der Waals surface area contributed by atoms with Gasteiger partial charge in [0.2, 0.25) is 0 Å². The average molecular weight is 419 g/mol. The van der Waals surface area contributed by atoms with Crippen LogP contribution in [0.15, 0.2) is 48.5 Å². The Morgan fingerprint density at radius 3 is 2.70 bits per heavy atom. The van der Waals surface area contributed by atoms with Gasteiger partial charge in [-0.3, -0.25) is 4.90 Å². The van der Waals surface area contributed by atoms with Gasteiger partial charge in [0.25, 0.3) is 0 Å². The number of nitrogens with one attached hydrogen (secondary N) is 1. The molecule has 2 aliphatic rings. The highest BCUT2D eigenvalue weighted by Crippen LogP contribution is 2.40. The first-order valence-electron chi connectivity index (χ1n) is 10.6. The molecule has 1 N–H and O–H groups in total. The number of piperazine rings is 1. The third-order valence-electron chi connectivity index (χ3n) is 6.55. The minimum atomic E-state index is -4.36. The van der Waals surface area contributed by atoms with E-state index in [4.69, 9.17) is 4.74 Å². The lowest BCUT2D eigenvalue weighted by Crippen LogP contribution is -2.63. The second-order valence-electron chi connectivity index (χ2n) is 8.62. The van der Waals surface area contributed by atoms with Crippen molar-refractivity contribution in [2.45, 2.75) is 50.6 Å². The molecule has 2 aliphatic heterocycles. The summed E-state index contributed by atoms with van der Waals surface area (Å²) in [5.41, 5.74) is 1.52. The van der Waals surface area contributed by atoms with Gasteiger partial charge in [0.1, 0.15) is 0 Å². The maximum Gasteiger partial charge on any atom is 0.416 e. The summed E-state index contributed by atoms with van der Waals surface area (Å²) in [4.78, 5) is 2.50. The number of hydrogen-bond acceptors (Lipinski definition) is 3. The summed E-state index contributed by atoms with van der Waals surface area (Å²) in [5.74, 6) is 0. The Morgan fingerprint density at radius 2 is 1.97 bits per heavy atom. The van der Waals surface area contributed by atoms with Crippen LogP contribution in [0.2, 0.25) is 0 Å². The van der Waals surface area contributed by atoms with Crippen LogP contribution in [0.5, 0.6) is 0 Å². The molecule has 4 rings (SSSR count). The van der Waals surface area contributed by atoms with Crippen molar-refractivity contribution >= 4 is 0 Å². The fraction of sp³-hybridized carbons (Fsp3) is 0.500. The van der Waals surface area contributed by atoms with Crippen LogP contribution in [0, 0.1) is 6.92 Å². The van der Waals surface area contributed by atoms with Gasteiger partial charge in [-0.2, -0.15) is 13.2 Å². The molecular formula is C24H29F3N2O. The number of halogens is 3.